The minimum Gasteiger partial charge on any atom is -0.311 e. The number of rotatable bonds is 4. The van der Waals surface area contributed by atoms with Crippen LogP contribution in [0.1, 0.15) is 17.3 Å². The maximum atomic E-state index is 12.7. The molecule has 16 heavy (non-hydrogen) atoms. The maximum Gasteiger partial charge on any atom is 0.123 e. The predicted molar refractivity (Wildman–Crippen MR) is 61.8 cm³/mol. The molecule has 0 radical (unpaired) electrons. The lowest BCUT2D eigenvalue weighted by Crippen LogP contribution is -2.19. The summed E-state index contributed by atoms with van der Waals surface area (Å²) in [4.78, 5) is 0. The second-order valence-corrected chi connectivity index (χ2v) is 4.11. The summed E-state index contributed by atoms with van der Waals surface area (Å²) in [6.45, 7) is 0. The Balaban J connectivity index is 2.10. The Morgan fingerprint density at radius 2 is 2.12 bits per heavy atom. The van der Waals surface area contributed by atoms with Crippen molar-refractivity contribution in [2.24, 2.45) is 0 Å². The second-order valence-electron chi connectivity index (χ2n) is 3.50. The van der Waals surface area contributed by atoms with E-state index in [1.165, 1.54) is 23.7 Å². The van der Waals surface area contributed by atoms with E-state index < -0.39 is 0 Å². The number of aromatic nitrogens is 2. The van der Waals surface area contributed by atoms with E-state index in [1.807, 2.05) is 12.4 Å². The van der Waals surface area contributed by atoms with Crippen molar-refractivity contribution in [1.82, 2.24) is 14.9 Å². The summed E-state index contributed by atoms with van der Waals surface area (Å²) >= 11 is 1.34. The lowest BCUT2D eigenvalue weighted by atomic mass is 10.0. The van der Waals surface area contributed by atoms with Gasteiger partial charge in [0.15, 0.2) is 0 Å². The molecule has 1 N–H and O–H groups in total. The van der Waals surface area contributed by atoms with Crippen molar-refractivity contribution in [3.05, 3.63) is 46.7 Å². The van der Waals surface area contributed by atoms with Crippen LogP contribution in [0.15, 0.2) is 29.6 Å². The van der Waals surface area contributed by atoms with E-state index in [0.29, 0.717) is 0 Å². The van der Waals surface area contributed by atoms with Gasteiger partial charge in [-0.05, 0) is 42.7 Å². The monoisotopic (exact) mass is 237 g/mol. The first-order valence-corrected chi connectivity index (χ1v) is 5.82. The van der Waals surface area contributed by atoms with E-state index in [9.17, 15) is 4.39 Å². The highest BCUT2D eigenvalue weighted by Crippen LogP contribution is 2.17. The quantitative estimate of drug-likeness (QED) is 0.885. The zero-order chi connectivity index (χ0) is 11.4. The average Bonchev–Trinajstić information content (AvgIpc) is 2.82. The molecule has 2 aromatic rings. The van der Waals surface area contributed by atoms with Crippen LogP contribution in [0.3, 0.4) is 0 Å². The van der Waals surface area contributed by atoms with Crippen molar-refractivity contribution in [3.63, 3.8) is 0 Å². The van der Waals surface area contributed by atoms with Crippen molar-refractivity contribution in [1.29, 1.82) is 0 Å². The van der Waals surface area contributed by atoms with Gasteiger partial charge >= 0.3 is 0 Å². The predicted octanol–water partition coefficient (Wildman–Crippen LogP) is 2.18. The lowest BCUT2D eigenvalue weighted by Gasteiger charge is -2.12. The molecule has 0 aliphatic rings. The van der Waals surface area contributed by atoms with Gasteiger partial charge in [-0.2, -0.15) is 0 Å². The molecule has 0 saturated carbocycles. The number of hydrogen-bond acceptors (Lipinski definition) is 4. The Morgan fingerprint density at radius 1 is 1.38 bits per heavy atom. The molecule has 2 rings (SSSR count). The molecular formula is C11H12FN3S. The number of hydrogen-bond donors (Lipinski definition) is 1. The normalized spacial score (nSPS) is 12.6. The van der Waals surface area contributed by atoms with Crippen LogP contribution in [0.2, 0.25) is 0 Å². The van der Waals surface area contributed by atoms with Crippen molar-refractivity contribution in [2.75, 3.05) is 7.05 Å². The van der Waals surface area contributed by atoms with Crippen molar-refractivity contribution >= 4 is 11.5 Å². The van der Waals surface area contributed by atoms with Crippen LogP contribution in [0.25, 0.3) is 0 Å². The highest BCUT2D eigenvalue weighted by molar-refractivity contribution is 7.03. The molecule has 0 amide bonds. The van der Waals surface area contributed by atoms with Crippen LogP contribution < -0.4 is 5.32 Å². The fourth-order valence-electron chi connectivity index (χ4n) is 1.53. The molecule has 1 atom stereocenters. The first-order chi connectivity index (χ1) is 7.79. The Kier molecular flexibility index (Phi) is 3.58. The minimum atomic E-state index is -0.208. The van der Waals surface area contributed by atoms with E-state index in [0.717, 1.165) is 17.7 Å². The highest BCUT2D eigenvalue weighted by atomic mass is 32.1. The number of nitrogens with one attached hydrogen (secondary N) is 1. The van der Waals surface area contributed by atoms with Crippen LogP contribution in [0.5, 0.6) is 0 Å². The summed E-state index contributed by atoms with van der Waals surface area (Å²) in [5, 5.41) is 9.13. The summed E-state index contributed by atoms with van der Waals surface area (Å²) in [5.41, 5.74) is 2.01. The van der Waals surface area contributed by atoms with Crippen molar-refractivity contribution < 1.29 is 4.39 Å². The smallest absolute Gasteiger partial charge is 0.123 e. The molecular weight excluding hydrogens is 225 g/mol. The van der Waals surface area contributed by atoms with Crippen molar-refractivity contribution in [3.8, 4) is 0 Å². The standard InChI is InChI=1S/C11H12FN3S/c1-13-10(11-7-16-15-14-11)6-8-2-4-9(12)5-3-8/h2-5,7,10,13H,6H2,1H3. The fourth-order valence-corrected chi connectivity index (χ4v) is 2.04. The third kappa shape index (κ3) is 2.62. The first-order valence-electron chi connectivity index (χ1n) is 4.98. The second kappa shape index (κ2) is 5.14. The Hall–Kier alpha value is -1.33. The lowest BCUT2D eigenvalue weighted by molar-refractivity contribution is 0.572. The van der Waals surface area contributed by atoms with Gasteiger partial charge in [-0.25, -0.2) is 4.39 Å². The van der Waals surface area contributed by atoms with Gasteiger partial charge in [0.1, 0.15) is 5.82 Å². The zero-order valence-electron chi connectivity index (χ0n) is 8.85. The van der Waals surface area contributed by atoms with Gasteiger partial charge in [-0.3, -0.25) is 0 Å². The fraction of sp³-hybridized carbons (Fsp3) is 0.273. The molecule has 84 valence electrons. The molecule has 1 aromatic carbocycles. The largest absolute Gasteiger partial charge is 0.311 e. The SMILES string of the molecule is CNC(Cc1ccc(F)cc1)c1csnn1. The molecule has 0 saturated heterocycles. The van der Waals surface area contributed by atoms with Crippen LogP contribution in [0, 0.1) is 5.82 Å². The third-order valence-corrected chi connectivity index (χ3v) is 2.96. The maximum absolute atomic E-state index is 12.7. The van der Waals surface area contributed by atoms with Crippen molar-refractivity contribution in [2.45, 2.75) is 12.5 Å². The summed E-state index contributed by atoms with van der Waals surface area (Å²) in [6.07, 6.45) is 0.780. The molecule has 0 bridgehead atoms. The van der Waals surface area contributed by atoms with Gasteiger partial charge in [0.2, 0.25) is 0 Å². The van der Waals surface area contributed by atoms with E-state index in [1.54, 1.807) is 12.1 Å². The Morgan fingerprint density at radius 3 is 2.69 bits per heavy atom. The van der Waals surface area contributed by atoms with Crippen LogP contribution in [0.4, 0.5) is 4.39 Å². The van der Waals surface area contributed by atoms with Gasteiger partial charge in [0.05, 0.1) is 11.7 Å². The summed E-state index contributed by atoms with van der Waals surface area (Å²) in [6, 6.07) is 6.66. The molecule has 0 aliphatic heterocycles. The van der Waals surface area contributed by atoms with Crippen LogP contribution in [-0.2, 0) is 6.42 Å². The molecule has 0 spiro atoms. The molecule has 0 fully saturated rings. The molecule has 3 nitrogen and oxygen atoms in total. The van der Waals surface area contributed by atoms with Crippen LogP contribution in [-0.4, -0.2) is 16.6 Å². The average molecular weight is 237 g/mol. The van der Waals surface area contributed by atoms with E-state index in [-0.39, 0.29) is 11.9 Å². The van der Waals surface area contributed by atoms with Gasteiger partial charge in [0.25, 0.3) is 0 Å². The van der Waals surface area contributed by atoms with E-state index >= 15 is 0 Å². The molecule has 1 unspecified atom stereocenters. The first kappa shape index (κ1) is 11.2. The number of benzene rings is 1. The van der Waals surface area contributed by atoms with Gasteiger partial charge < -0.3 is 5.32 Å². The molecule has 0 aliphatic carbocycles. The summed E-state index contributed by atoms with van der Waals surface area (Å²) in [5.74, 6) is -0.208. The summed E-state index contributed by atoms with van der Waals surface area (Å²) in [7, 11) is 1.88. The van der Waals surface area contributed by atoms with Gasteiger partial charge in [-0.1, -0.05) is 16.6 Å². The topological polar surface area (TPSA) is 37.8 Å². The van der Waals surface area contributed by atoms with Gasteiger partial charge in [-0.15, -0.1) is 5.10 Å². The number of likely N-dealkylation sites (N-methyl/N-ethyl adjacent to an activating group) is 1. The third-order valence-electron chi connectivity index (χ3n) is 2.44. The Labute approximate surface area is 97.5 Å². The number of nitrogens with zero attached hydrogens (tertiary/aromatic N) is 2. The van der Waals surface area contributed by atoms with Crippen LogP contribution >= 0.6 is 11.5 Å². The van der Waals surface area contributed by atoms with E-state index in [2.05, 4.69) is 14.9 Å². The highest BCUT2D eigenvalue weighted by Gasteiger charge is 2.12. The van der Waals surface area contributed by atoms with E-state index in [4.69, 9.17) is 0 Å². The van der Waals surface area contributed by atoms with Gasteiger partial charge in [0, 0.05) is 5.38 Å². The molecule has 5 heteroatoms. The summed E-state index contributed by atoms with van der Waals surface area (Å²) < 4.78 is 16.6. The molecule has 1 aromatic heterocycles. The minimum absolute atomic E-state index is 0.129. The number of halogens is 1. The zero-order valence-corrected chi connectivity index (χ0v) is 9.67. The molecule has 1 heterocycles. The Bertz CT molecular complexity index is 427.